The Morgan fingerprint density at radius 1 is 1.33 bits per heavy atom. The average molecular weight is 254 g/mol. The minimum absolute atomic E-state index is 0.114. The first-order chi connectivity index (χ1) is 8.29. The second-order valence-corrected chi connectivity index (χ2v) is 6.42. The smallest absolute Gasteiger partial charge is 0.323 e. The molecule has 1 aliphatic heterocycles. The van der Waals surface area contributed by atoms with Gasteiger partial charge in [-0.15, -0.1) is 0 Å². The number of rotatable bonds is 2. The lowest BCUT2D eigenvalue weighted by Crippen LogP contribution is -2.55. The molecule has 5 nitrogen and oxygen atoms in total. The van der Waals surface area contributed by atoms with Gasteiger partial charge in [0.15, 0.2) is 0 Å². The van der Waals surface area contributed by atoms with Crippen LogP contribution >= 0.6 is 0 Å². The van der Waals surface area contributed by atoms with E-state index in [9.17, 15) is 9.59 Å². The van der Waals surface area contributed by atoms with Crippen molar-refractivity contribution in [3.63, 3.8) is 0 Å². The van der Waals surface area contributed by atoms with Crippen molar-refractivity contribution in [2.75, 3.05) is 13.1 Å². The van der Waals surface area contributed by atoms with Gasteiger partial charge in [0.25, 0.3) is 0 Å². The maximum atomic E-state index is 12.5. The molecular weight excluding hydrogens is 232 g/mol. The zero-order chi connectivity index (χ0) is 13.5. The molecule has 0 aromatic rings. The average Bonchev–Trinajstić information content (AvgIpc) is 2.84. The number of carbonyl (C=O) groups excluding carboxylic acids is 1. The minimum Gasteiger partial charge on any atom is -0.480 e. The number of amides is 2. The maximum absolute atomic E-state index is 12.5. The molecule has 102 valence electrons. The molecule has 18 heavy (non-hydrogen) atoms. The van der Waals surface area contributed by atoms with Crippen LogP contribution in [0.25, 0.3) is 0 Å². The van der Waals surface area contributed by atoms with E-state index in [1.54, 1.807) is 0 Å². The van der Waals surface area contributed by atoms with Gasteiger partial charge in [-0.25, -0.2) is 4.79 Å². The predicted octanol–water partition coefficient (Wildman–Crippen LogP) is 1.78. The van der Waals surface area contributed by atoms with E-state index in [1.165, 1.54) is 11.3 Å². The SMILES string of the molecule is CC(C)(C)N(CC(=O)O)C(=O)N1CC2CCC1C2. The number of carboxylic acids is 1. The summed E-state index contributed by atoms with van der Waals surface area (Å²) in [7, 11) is 0. The van der Waals surface area contributed by atoms with Gasteiger partial charge in [0.05, 0.1) is 0 Å². The molecule has 0 radical (unpaired) electrons. The molecular formula is C13H22N2O3. The lowest BCUT2D eigenvalue weighted by molar-refractivity contribution is -0.138. The second kappa shape index (κ2) is 4.44. The summed E-state index contributed by atoms with van der Waals surface area (Å²) in [5.41, 5.74) is -0.461. The van der Waals surface area contributed by atoms with E-state index >= 15 is 0 Å². The van der Waals surface area contributed by atoms with Gasteiger partial charge >= 0.3 is 12.0 Å². The van der Waals surface area contributed by atoms with Crippen molar-refractivity contribution in [1.82, 2.24) is 9.80 Å². The van der Waals surface area contributed by atoms with Crippen molar-refractivity contribution < 1.29 is 14.7 Å². The van der Waals surface area contributed by atoms with E-state index < -0.39 is 11.5 Å². The summed E-state index contributed by atoms with van der Waals surface area (Å²) in [6.07, 6.45) is 3.38. The number of urea groups is 1. The van der Waals surface area contributed by atoms with Crippen molar-refractivity contribution in [3.05, 3.63) is 0 Å². The first-order valence-corrected chi connectivity index (χ1v) is 6.59. The number of carboxylic acid groups (broad SMARTS) is 1. The van der Waals surface area contributed by atoms with Crippen LogP contribution in [0.5, 0.6) is 0 Å². The first kappa shape index (κ1) is 13.2. The Hall–Kier alpha value is -1.26. The normalized spacial score (nSPS) is 26.5. The van der Waals surface area contributed by atoms with Crippen LogP contribution in [-0.4, -0.2) is 51.6 Å². The molecule has 0 spiro atoms. The highest BCUT2D eigenvalue weighted by Gasteiger charge is 2.43. The fraction of sp³-hybridized carbons (Fsp3) is 0.846. The summed E-state index contributed by atoms with van der Waals surface area (Å²) < 4.78 is 0. The van der Waals surface area contributed by atoms with Gasteiger partial charge in [-0.2, -0.15) is 0 Å². The predicted molar refractivity (Wildman–Crippen MR) is 67.3 cm³/mol. The first-order valence-electron chi connectivity index (χ1n) is 6.59. The number of fused-ring (bicyclic) bond motifs is 2. The van der Waals surface area contributed by atoms with Crippen LogP contribution in [0.3, 0.4) is 0 Å². The van der Waals surface area contributed by atoms with Gasteiger partial charge in [-0.3, -0.25) is 4.79 Å². The number of hydrogen-bond acceptors (Lipinski definition) is 2. The van der Waals surface area contributed by atoms with Gasteiger partial charge in [0, 0.05) is 18.1 Å². The zero-order valence-electron chi connectivity index (χ0n) is 11.3. The van der Waals surface area contributed by atoms with Gasteiger partial charge < -0.3 is 14.9 Å². The lowest BCUT2D eigenvalue weighted by atomic mass is 10.1. The number of hydrogen-bond donors (Lipinski definition) is 1. The Morgan fingerprint density at radius 3 is 2.39 bits per heavy atom. The van der Waals surface area contributed by atoms with Gasteiger partial charge in [0.1, 0.15) is 6.54 Å². The van der Waals surface area contributed by atoms with E-state index in [2.05, 4.69) is 0 Å². The number of piperidine rings is 1. The van der Waals surface area contributed by atoms with E-state index in [-0.39, 0.29) is 12.6 Å². The highest BCUT2D eigenvalue weighted by Crippen LogP contribution is 2.38. The number of carbonyl (C=O) groups is 2. The standard InChI is InChI=1S/C13H22N2O3/c1-13(2,3)15(8-11(16)17)12(18)14-7-9-4-5-10(14)6-9/h9-10H,4-8H2,1-3H3,(H,16,17). The monoisotopic (exact) mass is 254 g/mol. The Balaban J connectivity index is 2.11. The van der Waals surface area contributed by atoms with Gasteiger partial charge in [0.2, 0.25) is 0 Å². The lowest BCUT2D eigenvalue weighted by Gasteiger charge is -2.39. The van der Waals surface area contributed by atoms with E-state index in [4.69, 9.17) is 5.11 Å². The van der Waals surface area contributed by atoms with Crippen LogP contribution in [-0.2, 0) is 4.79 Å². The van der Waals surface area contributed by atoms with Crippen LogP contribution in [0.4, 0.5) is 4.79 Å². The van der Waals surface area contributed by atoms with Gasteiger partial charge in [-0.05, 0) is 46.0 Å². The Kier molecular flexibility index (Phi) is 3.25. The maximum Gasteiger partial charge on any atom is 0.323 e. The van der Waals surface area contributed by atoms with Crippen molar-refractivity contribution in [1.29, 1.82) is 0 Å². The fourth-order valence-corrected chi connectivity index (χ4v) is 3.04. The van der Waals surface area contributed by atoms with Crippen LogP contribution in [0.15, 0.2) is 0 Å². The minimum atomic E-state index is -0.956. The Bertz CT molecular complexity index is 362. The van der Waals surface area contributed by atoms with E-state index in [1.807, 2.05) is 25.7 Å². The van der Waals surface area contributed by atoms with Crippen molar-refractivity contribution in [2.45, 2.75) is 51.6 Å². The van der Waals surface area contributed by atoms with Crippen LogP contribution in [0.1, 0.15) is 40.0 Å². The third-order valence-electron chi connectivity index (χ3n) is 3.99. The number of aliphatic carboxylic acids is 1. The second-order valence-electron chi connectivity index (χ2n) is 6.42. The molecule has 2 unspecified atom stereocenters. The molecule has 2 amide bonds. The van der Waals surface area contributed by atoms with Crippen molar-refractivity contribution in [3.8, 4) is 0 Å². The topological polar surface area (TPSA) is 60.9 Å². The van der Waals surface area contributed by atoms with Gasteiger partial charge in [-0.1, -0.05) is 0 Å². The molecule has 1 N–H and O–H groups in total. The summed E-state index contributed by atoms with van der Waals surface area (Å²) in [5.74, 6) is -0.326. The quantitative estimate of drug-likeness (QED) is 0.817. The summed E-state index contributed by atoms with van der Waals surface area (Å²) in [5, 5.41) is 8.96. The molecule has 2 atom stereocenters. The van der Waals surface area contributed by atoms with Crippen LogP contribution in [0.2, 0.25) is 0 Å². The Labute approximate surface area is 108 Å². The zero-order valence-corrected chi connectivity index (χ0v) is 11.3. The third kappa shape index (κ3) is 2.44. The summed E-state index contributed by atoms with van der Waals surface area (Å²) in [6, 6.07) is 0.221. The number of nitrogens with zero attached hydrogens (tertiary/aromatic N) is 2. The molecule has 1 aliphatic carbocycles. The van der Waals surface area contributed by atoms with Crippen LogP contribution in [0, 0.1) is 5.92 Å². The molecule has 1 heterocycles. The highest BCUT2D eigenvalue weighted by atomic mass is 16.4. The molecule has 1 saturated carbocycles. The molecule has 0 aromatic heterocycles. The summed E-state index contributed by atoms with van der Waals surface area (Å²) in [6.45, 7) is 6.21. The molecule has 1 saturated heterocycles. The van der Waals surface area contributed by atoms with E-state index in [0.717, 1.165) is 19.4 Å². The van der Waals surface area contributed by atoms with Crippen molar-refractivity contribution >= 4 is 12.0 Å². The molecule has 5 heteroatoms. The fourth-order valence-electron chi connectivity index (χ4n) is 3.04. The largest absolute Gasteiger partial charge is 0.480 e. The summed E-state index contributed by atoms with van der Waals surface area (Å²) in [4.78, 5) is 26.8. The highest BCUT2D eigenvalue weighted by molar-refractivity contribution is 5.81. The molecule has 2 fully saturated rings. The molecule has 2 aliphatic rings. The summed E-state index contributed by atoms with van der Waals surface area (Å²) >= 11 is 0. The van der Waals surface area contributed by atoms with E-state index in [0.29, 0.717) is 12.0 Å². The molecule has 2 rings (SSSR count). The van der Waals surface area contributed by atoms with Crippen LogP contribution < -0.4 is 0 Å². The molecule has 2 bridgehead atoms. The number of likely N-dealkylation sites (tertiary alicyclic amines) is 1. The third-order valence-corrected chi connectivity index (χ3v) is 3.99. The molecule has 0 aromatic carbocycles. The van der Waals surface area contributed by atoms with Crippen molar-refractivity contribution in [2.24, 2.45) is 5.92 Å². The Morgan fingerprint density at radius 2 is 2.00 bits per heavy atom.